The molecule has 0 aliphatic heterocycles. The van der Waals surface area contributed by atoms with Gasteiger partial charge in [-0.15, -0.1) is 11.3 Å². The van der Waals surface area contributed by atoms with E-state index in [1.807, 2.05) is 0 Å². The largest absolute Gasteiger partial charge is 0.490 e. The van der Waals surface area contributed by atoms with Crippen LogP contribution in [0.2, 0.25) is 0 Å². The number of carboxylic acids is 1. The molecule has 0 saturated heterocycles. The fourth-order valence-corrected chi connectivity index (χ4v) is 3.59. The summed E-state index contributed by atoms with van der Waals surface area (Å²) < 4.78 is 31.7. The third-order valence-electron chi connectivity index (χ3n) is 4.26. The van der Waals surface area contributed by atoms with E-state index in [0.29, 0.717) is 0 Å². The van der Waals surface area contributed by atoms with Gasteiger partial charge < -0.3 is 5.11 Å². The monoisotopic (exact) mass is 426 g/mol. The Hall–Kier alpha value is -3.38. The summed E-state index contributed by atoms with van der Waals surface area (Å²) in [6, 6.07) is 32.3. The van der Waals surface area contributed by atoms with E-state index in [2.05, 4.69) is 96.4 Å². The number of carbonyl (C=O) groups is 1. The number of benzene rings is 3. The van der Waals surface area contributed by atoms with E-state index in [9.17, 15) is 13.2 Å². The van der Waals surface area contributed by atoms with Crippen LogP contribution in [0.25, 0.3) is 32.7 Å². The van der Waals surface area contributed by atoms with Crippen LogP contribution >= 0.6 is 11.3 Å². The van der Waals surface area contributed by atoms with E-state index in [1.165, 1.54) is 32.7 Å². The average Bonchev–Trinajstić information content (AvgIpc) is 3.29. The molecular formula is C24H17F3O2S. The molecule has 0 radical (unpaired) electrons. The molecule has 0 aliphatic carbocycles. The molecule has 0 fully saturated rings. The van der Waals surface area contributed by atoms with E-state index in [0.717, 1.165) is 0 Å². The molecule has 1 aromatic heterocycles. The summed E-state index contributed by atoms with van der Waals surface area (Å²) in [7, 11) is 0. The number of aliphatic carboxylic acids is 1. The maximum atomic E-state index is 10.6. The Bertz CT molecular complexity index is 1090. The molecule has 3 aromatic carbocycles. The number of carboxylic acid groups (broad SMARTS) is 1. The lowest BCUT2D eigenvalue weighted by atomic mass is 9.94. The fourth-order valence-electron chi connectivity index (χ4n) is 2.86. The third-order valence-corrected chi connectivity index (χ3v) is 5.17. The molecule has 30 heavy (non-hydrogen) atoms. The van der Waals surface area contributed by atoms with Crippen molar-refractivity contribution in [2.24, 2.45) is 0 Å². The average molecular weight is 426 g/mol. The highest BCUT2D eigenvalue weighted by Crippen LogP contribution is 2.33. The molecule has 1 heterocycles. The first-order chi connectivity index (χ1) is 14.4. The van der Waals surface area contributed by atoms with Crippen molar-refractivity contribution in [1.29, 1.82) is 0 Å². The Morgan fingerprint density at radius 3 is 1.60 bits per heavy atom. The zero-order valence-electron chi connectivity index (χ0n) is 15.6. The molecule has 1 N–H and O–H groups in total. The van der Waals surface area contributed by atoms with Crippen molar-refractivity contribution >= 4 is 17.3 Å². The molecule has 4 aromatic rings. The number of thiophene rings is 1. The first kappa shape index (κ1) is 21.3. The van der Waals surface area contributed by atoms with Gasteiger partial charge in [-0.25, -0.2) is 4.79 Å². The van der Waals surface area contributed by atoms with E-state index in [-0.39, 0.29) is 0 Å². The second kappa shape index (κ2) is 9.41. The molecule has 2 nitrogen and oxygen atoms in total. The molecule has 0 bridgehead atoms. The molecular weight excluding hydrogens is 409 g/mol. The minimum Gasteiger partial charge on any atom is -0.475 e. The van der Waals surface area contributed by atoms with Gasteiger partial charge in [0.2, 0.25) is 0 Å². The Morgan fingerprint density at radius 1 is 0.667 bits per heavy atom. The summed E-state index contributed by atoms with van der Waals surface area (Å²) in [6.07, 6.45) is -5.08. The SMILES string of the molecule is O=C(O)C(F)(F)F.c1ccc(-c2ccccc2-c2ccc(-c3cccs3)cc2)cc1. The van der Waals surface area contributed by atoms with Crippen LogP contribution < -0.4 is 0 Å². The molecule has 0 aliphatic rings. The smallest absolute Gasteiger partial charge is 0.475 e. The summed E-state index contributed by atoms with van der Waals surface area (Å²) in [5.41, 5.74) is 6.34. The van der Waals surface area contributed by atoms with E-state index in [4.69, 9.17) is 9.90 Å². The summed E-state index contributed by atoms with van der Waals surface area (Å²) in [5.74, 6) is -2.76. The van der Waals surface area contributed by atoms with Crippen molar-refractivity contribution in [3.05, 3.63) is 96.4 Å². The van der Waals surface area contributed by atoms with Crippen LogP contribution in [0, 0.1) is 0 Å². The summed E-state index contributed by atoms with van der Waals surface area (Å²) in [6.45, 7) is 0. The van der Waals surface area contributed by atoms with Crippen LogP contribution in [0.3, 0.4) is 0 Å². The van der Waals surface area contributed by atoms with Gasteiger partial charge in [0, 0.05) is 4.88 Å². The Kier molecular flexibility index (Phi) is 6.69. The lowest BCUT2D eigenvalue weighted by Gasteiger charge is -2.10. The maximum Gasteiger partial charge on any atom is 0.490 e. The van der Waals surface area contributed by atoms with Crippen molar-refractivity contribution in [2.75, 3.05) is 0 Å². The van der Waals surface area contributed by atoms with Gasteiger partial charge in [0.15, 0.2) is 0 Å². The molecule has 0 saturated carbocycles. The van der Waals surface area contributed by atoms with Gasteiger partial charge in [0.05, 0.1) is 0 Å². The first-order valence-electron chi connectivity index (χ1n) is 8.95. The van der Waals surface area contributed by atoms with Gasteiger partial charge in [-0.3, -0.25) is 0 Å². The molecule has 152 valence electrons. The van der Waals surface area contributed by atoms with Crippen LogP contribution in [0.15, 0.2) is 96.4 Å². The normalized spacial score (nSPS) is 10.8. The van der Waals surface area contributed by atoms with Crippen LogP contribution in [0.1, 0.15) is 0 Å². The molecule has 0 unspecified atom stereocenters. The minimum atomic E-state index is -5.08. The lowest BCUT2D eigenvalue weighted by molar-refractivity contribution is -0.192. The highest BCUT2D eigenvalue weighted by Gasteiger charge is 2.38. The molecule has 0 atom stereocenters. The van der Waals surface area contributed by atoms with E-state index >= 15 is 0 Å². The van der Waals surface area contributed by atoms with Crippen LogP contribution in [0.5, 0.6) is 0 Å². The number of alkyl halides is 3. The van der Waals surface area contributed by atoms with Crippen molar-refractivity contribution in [2.45, 2.75) is 6.18 Å². The Balaban J connectivity index is 0.000000318. The van der Waals surface area contributed by atoms with Gasteiger partial charge in [0.1, 0.15) is 0 Å². The zero-order chi connectivity index (χ0) is 21.6. The number of halogens is 3. The van der Waals surface area contributed by atoms with E-state index < -0.39 is 12.1 Å². The molecule has 6 heteroatoms. The van der Waals surface area contributed by atoms with Crippen molar-refractivity contribution in [3.63, 3.8) is 0 Å². The first-order valence-corrected chi connectivity index (χ1v) is 9.83. The minimum absolute atomic E-state index is 1.25. The van der Waals surface area contributed by atoms with Crippen molar-refractivity contribution < 1.29 is 23.1 Å². The predicted octanol–water partition coefficient (Wildman–Crippen LogP) is 7.38. The van der Waals surface area contributed by atoms with Crippen molar-refractivity contribution in [1.82, 2.24) is 0 Å². The predicted molar refractivity (Wildman–Crippen MR) is 114 cm³/mol. The number of hydrogen-bond donors (Lipinski definition) is 1. The highest BCUT2D eigenvalue weighted by atomic mass is 32.1. The zero-order valence-corrected chi connectivity index (χ0v) is 16.5. The van der Waals surface area contributed by atoms with Gasteiger partial charge in [0.25, 0.3) is 0 Å². The summed E-state index contributed by atoms with van der Waals surface area (Å²) >= 11 is 1.78. The molecule has 4 rings (SSSR count). The fraction of sp³-hybridized carbons (Fsp3) is 0.0417. The quantitative estimate of drug-likeness (QED) is 0.371. The summed E-state index contributed by atoms with van der Waals surface area (Å²) in [5, 5.41) is 9.24. The van der Waals surface area contributed by atoms with Crippen LogP contribution in [-0.4, -0.2) is 17.3 Å². The standard InChI is InChI=1S/C22H16S.C2HF3O2/c1-2-7-17(8-3-1)20-9-4-5-10-21(20)18-12-14-19(15-13-18)22-11-6-16-23-22;3-2(4,5)1(6)7/h1-16H;(H,6,7). The van der Waals surface area contributed by atoms with Gasteiger partial charge in [-0.05, 0) is 39.3 Å². The second-order valence-corrected chi connectivity index (χ2v) is 7.22. The topological polar surface area (TPSA) is 37.3 Å². The van der Waals surface area contributed by atoms with E-state index in [1.54, 1.807) is 11.3 Å². The second-order valence-electron chi connectivity index (χ2n) is 6.27. The Morgan fingerprint density at radius 2 is 1.13 bits per heavy atom. The highest BCUT2D eigenvalue weighted by molar-refractivity contribution is 7.13. The van der Waals surface area contributed by atoms with Crippen LogP contribution in [-0.2, 0) is 4.79 Å². The van der Waals surface area contributed by atoms with Gasteiger partial charge in [-0.2, -0.15) is 13.2 Å². The van der Waals surface area contributed by atoms with Gasteiger partial charge in [-0.1, -0.05) is 84.9 Å². The van der Waals surface area contributed by atoms with Gasteiger partial charge >= 0.3 is 12.1 Å². The number of rotatable bonds is 3. The number of hydrogen-bond acceptors (Lipinski definition) is 2. The molecule has 0 amide bonds. The third kappa shape index (κ3) is 5.36. The summed E-state index contributed by atoms with van der Waals surface area (Å²) in [4.78, 5) is 10.2. The van der Waals surface area contributed by atoms with Crippen molar-refractivity contribution in [3.8, 4) is 32.7 Å². The Labute approximate surface area is 175 Å². The maximum absolute atomic E-state index is 10.6. The molecule has 0 spiro atoms. The lowest BCUT2D eigenvalue weighted by Crippen LogP contribution is -2.21. The van der Waals surface area contributed by atoms with Crippen LogP contribution in [0.4, 0.5) is 13.2 Å².